The minimum Gasteiger partial charge on any atom is -0.379 e. The third-order valence-corrected chi connectivity index (χ3v) is 4.14. The zero-order valence-electron chi connectivity index (χ0n) is 15.5. The van der Waals surface area contributed by atoms with Crippen LogP contribution in [0.3, 0.4) is 0 Å². The standard InChI is InChI=1S/C18H23F2N3O4/c1-11(2)27-8-4-7-21-15(24)10-23-16(25)18(3,22-17(23)26)13-9-12(19)5-6-14(13)20/h5-6,9,11H,4,7-8,10H2,1-3H3,(H,21,24)(H,22,26)/t18-/m1/s1. The number of halogens is 2. The van der Waals surface area contributed by atoms with Crippen LogP contribution in [-0.2, 0) is 19.9 Å². The summed E-state index contributed by atoms with van der Waals surface area (Å²) in [5, 5.41) is 4.92. The maximum atomic E-state index is 14.1. The molecule has 2 rings (SSSR count). The van der Waals surface area contributed by atoms with Crippen molar-refractivity contribution in [1.82, 2.24) is 15.5 Å². The number of nitrogens with zero attached hydrogens (tertiary/aromatic N) is 1. The van der Waals surface area contributed by atoms with E-state index in [0.717, 1.165) is 18.2 Å². The minimum absolute atomic E-state index is 0.0903. The summed E-state index contributed by atoms with van der Waals surface area (Å²) < 4.78 is 32.9. The summed E-state index contributed by atoms with van der Waals surface area (Å²) in [4.78, 5) is 37.5. The summed E-state index contributed by atoms with van der Waals surface area (Å²) in [7, 11) is 0. The number of nitrogens with one attached hydrogen (secondary N) is 2. The Morgan fingerprint density at radius 3 is 2.70 bits per heavy atom. The molecule has 1 aromatic rings. The first-order valence-electron chi connectivity index (χ1n) is 8.63. The van der Waals surface area contributed by atoms with Crippen LogP contribution in [0, 0.1) is 11.6 Å². The van der Waals surface area contributed by atoms with Crippen molar-refractivity contribution in [3.63, 3.8) is 0 Å². The van der Waals surface area contributed by atoms with Gasteiger partial charge in [-0.25, -0.2) is 13.6 Å². The zero-order valence-corrected chi connectivity index (χ0v) is 15.5. The third-order valence-electron chi connectivity index (χ3n) is 4.14. The highest BCUT2D eigenvalue weighted by Crippen LogP contribution is 2.31. The van der Waals surface area contributed by atoms with Crippen LogP contribution < -0.4 is 10.6 Å². The van der Waals surface area contributed by atoms with E-state index in [1.807, 2.05) is 13.8 Å². The molecule has 0 aliphatic carbocycles. The van der Waals surface area contributed by atoms with Crippen molar-refractivity contribution in [2.24, 2.45) is 0 Å². The Bertz CT molecular complexity index is 741. The van der Waals surface area contributed by atoms with E-state index in [0.29, 0.717) is 24.5 Å². The maximum absolute atomic E-state index is 14.1. The van der Waals surface area contributed by atoms with Crippen LogP contribution in [-0.4, -0.2) is 48.5 Å². The average molecular weight is 383 g/mol. The molecule has 1 aromatic carbocycles. The number of amides is 4. The van der Waals surface area contributed by atoms with Gasteiger partial charge in [-0.2, -0.15) is 0 Å². The molecule has 148 valence electrons. The van der Waals surface area contributed by atoms with Crippen molar-refractivity contribution in [3.05, 3.63) is 35.4 Å². The second-order valence-corrected chi connectivity index (χ2v) is 6.69. The van der Waals surface area contributed by atoms with Gasteiger partial charge in [0.05, 0.1) is 6.10 Å². The summed E-state index contributed by atoms with van der Waals surface area (Å²) >= 11 is 0. The van der Waals surface area contributed by atoms with E-state index < -0.39 is 41.6 Å². The van der Waals surface area contributed by atoms with E-state index in [4.69, 9.17) is 4.74 Å². The molecular weight excluding hydrogens is 360 g/mol. The van der Waals surface area contributed by atoms with Crippen molar-refractivity contribution in [3.8, 4) is 0 Å². The number of hydrogen-bond acceptors (Lipinski definition) is 4. The number of rotatable bonds is 8. The van der Waals surface area contributed by atoms with Gasteiger partial charge in [-0.05, 0) is 45.4 Å². The monoisotopic (exact) mass is 383 g/mol. The predicted octanol–water partition coefficient (Wildman–Crippen LogP) is 1.66. The van der Waals surface area contributed by atoms with Crippen molar-refractivity contribution in [2.75, 3.05) is 19.7 Å². The van der Waals surface area contributed by atoms with E-state index in [1.54, 1.807) is 0 Å². The number of carbonyl (C=O) groups excluding carboxylic acids is 3. The number of benzene rings is 1. The summed E-state index contributed by atoms with van der Waals surface area (Å²) in [6.07, 6.45) is 0.670. The highest BCUT2D eigenvalue weighted by atomic mass is 19.1. The highest BCUT2D eigenvalue weighted by Gasteiger charge is 2.50. The van der Waals surface area contributed by atoms with Gasteiger partial charge in [0.15, 0.2) is 0 Å². The lowest BCUT2D eigenvalue weighted by molar-refractivity contribution is -0.134. The molecule has 4 amide bonds. The molecule has 2 N–H and O–H groups in total. The fourth-order valence-electron chi connectivity index (χ4n) is 2.72. The molecule has 0 radical (unpaired) electrons. The summed E-state index contributed by atoms with van der Waals surface area (Å²) in [6, 6.07) is 1.80. The fraction of sp³-hybridized carbons (Fsp3) is 0.500. The zero-order chi connectivity index (χ0) is 20.2. The molecule has 0 aromatic heterocycles. The average Bonchev–Trinajstić information content (AvgIpc) is 2.80. The van der Waals surface area contributed by atoms with Gasteiger partial charge in [0.2, 0.25) is 5.91 Å². The molecule has 1 saturated heterocycles. The molecule has 1 aliphatic rings. The second-order valence-electron chi connectivity index (χ2n) is 6.69. The number of hydrogen-bond donors (Lipinski definition) is 2. The molecule has 0 saturated carbocycles. The van der Waals surface area contributed by atoms with Gasteiger partial charge in [0, 0.05) is 18.7 Å². The molecule has 0 bridgehead atoms. The minimum atomic E-state index is -1.78. The summed E-state index contributed by atoms with van der Waals surface area (Å²) in [5.74, 6) is -2.93. The molecule has 1 atom stereocenters. The van der Waals surface area contributed by atoms with Gasteiger partial charge >= 0.3 is 6.03 Å². The largest absolute Gasteiger partial charge is 0.379 e. The lowest BCUT2D eigenvalue weighted by atomic mass is 9.91. The molecule has 9 heteroatoms. The number of carbonyl (C=O) groups is 3. The van der Waals surface area contributed by atoms with E-state index in [9.17, 15) is 23.2 Å². The van der Waals surface area contributed by atoms with Gasteiger partial charge in [-0.1, -0.05) is 0 Å². The maximum Gasteiger partial charge on any atom is 0.325 e. The van der Waals surface area contributed by atoms with Gasteiger partial charge in [-0.3, -0.25) is 14.5 Å². The van der Waals surface area contributed by atoms with Crippen molar-refractivity contribution < 1.29 is 27.9 Å². The first-order chi connectivity index (χ1) is 12.6. The van der Waals surface area contributed by atoms with Crippen molar-refractivity contribution in [2.45, 2.75) is 38.8 Å². The SMILES string of the molecule is CC(C)OCCCNC(=O)CN1C(=O)N[C@](C)(c2cc(F)ccc2F)C1=O. The molecular formula is C18H23F2N3O4. The normalized spacial score (nSPS) is 19.6. The molecule has 1 aliphatic heterocycles. The van der Waals surface area contributed by atoms with Crippen LogP contribution >= 0.6 is 0 Å². The van der Waals surface area contributed by atoms with Gasteiger partial charge in [0.25, 0.3) is 5.91 Å². The van der Waals surface area contributed by atoms with E-state index in [2.05, 4.69) is 10.6 Å². The Morgan fingerprint density at radius 2 is 2.04 bits per heavy atom. The smallest absolute Gasteiger partial charge is 0.325 e. The van der Waals surface area contributed by atoms with E-state index >= 15 is 0 Å². The number of imide groups is 1. The van der Waals surface area contributed by atoms with Gasteiger partial charge in [-0.15, -0.1) is 0 Å². The van der Waals surface area contributed by atoms with E-state index in [1.165, 1.54) is 6.92 Å². The molecule has 1 fully saturated rings. The number of ether oxygens (including phenoxy) is 1. The summed E-state index contributed by atoms with van der Waals surface area (Å²) in [6.45, 7) is 5.35. The Balaban J connectivity index is 1.99. The van der Waals surface area contributed by atoms with Crippen LogP contribution in [0.4, 0.5) is 13.6 Å². The van der Waals surface area contributed by atoms with Crippen LogP contribution in [0.25, 0.3) is 0 Å². The van der Waals surface area contributed by atoms with Crippen LogP contribution in [0.2, 0.25) is 0 Å². The Morgan fingerprint density at radius 1 is 1.33 bits per heavy atom. The third kappa shape index (κ3) is 4.79. The topological polar surface area (TPSA) is 87.7 Å². The fourth-order valence-corrected chi connectivity index (χ4v) is 2.72. The predicted molar refractivity (Wildman–Crippen MR) is 92.7 cm³/mol. The second kappa shape index (κ2) is 8.43. The quantitative estimate of drug-likeness (QED) is 0.528. The van der Waals surface area contributed by atoms with Crippen LogP contribution in [0.5, 0.6) is 0 Å². The number of urea groups is 1. The molecule has 1 heterocycles. The Labute approximate surface area is 156 Å². The molecule has 7 nitrogen and oxygen atoms in total. The highest BCUT2D eigenvalue weighted by molar-refractivity contribution is 6.09. The van der Waals surface area contributed by atoms with Crippen LogP contribution in [0.1, 0.15) is 32.8 Å². The van der Waals surface area contributed by atoms with E-state index in [-0.39, 0.29) is 11.7 Å². The Hall–Kier alpha value is -2.55. The Kier molecular flexibility index (Phi) is 6.48. The lowest BCUT2D eigenvalue weighted by Gasteiger charge is -2.22. The molecule has 0 unspecified atom stereocenters. The van der Waals surface area contributed by atoms with Crippen molar-refractivity contribution in [1.29, 1.82) is 0 Å². The van der Waals surface area contributed by atoms with Crippen LogP contribution in [0.15, 0.2) is 18.2 Å². The molecule has 27 heavy (non-hydrogen) atoms. The lowest BCUT2D eigenvalue weighted by Crippen LogP contribution is -2.44. The van der Waals surface area contributed by atoms with Gasteiger partial charge < -0.3 is 15.4 Å². The molecule has 0 spiro atoms. The first kappa shape index (κ1) is 20.8. The first-order valence-corrected chi connectivity index (χ1v) is 8.63. The van der Waals surface area contributed by atoms with Crippen molar-refractivity contribution >= 4 is 17.8 Å². The summed E-state index contributed by atoms with van der Waals surface area (Å²) in [5.41, 5.74) is -2.08. The van der Waals surface area contributed by atoms with Gasteiger partial charge in [0.1, 0.15) is 23.7 Å².